The molecular formula is C46H38O16S9. The van der Waals surface area contributed by atoms with E-state index < -0.39 is 105 Å². The third-order valence-electron chi connectivity index (χ3n) is 11.2. The van der Waals surface area contributed by atoms with Crippen molar-refractivity contribution in [2.45, 2.75) is 82.9 Å². The van der Waals surface area contributed by atoms with E-state index in [1.54, 1.807) is 60.3 Å². The summed E-state index contributed by atoms with van der Waals surface area (Å²) in [6, 6.07) is 34.8. The van der Waals surface area contributed by atoms with Gasteiger partial charge in [0.1, 0.15) is 9.79 Å². The van der Waals surface area contributed by atoms with Crippen LogP contribution in [-0.4, -0.2) is 75.0 Å². The zero-order valence-electron chi connectivity index (χ0n) is 36.8. The van der Waals surface area contributed by atoms with Gasteiger partial charge in [0.15, 0.2) is 0 Å². The molecule has 0 spiro atoms. The molecule has 4 N–H and O–H groups in total. The van der Waals surface area contributed by atoms with Crippen LogP contribution in [-0.2, 0) is 65.6 Å². The Kier molecular flexibility index (Phi) is 15.1. The molecule has 0 bridgehead atoms. The minimum Gasteiger partial charge on any atom is -0.282 e. The van der Waals surface area contributed by atoms with E-state index in [0.717, 1.165) is 99.7 Å². The molecular weight excluding hydrogens is 1100 g/mol. The fraction of sp³-hybridized carbons (Fsp3) is 0.0870. The molecule has 25 heteroatoms. The fourth-order valence-electron chi connectivity index (χ4n) is 7.37. The van der Waals surface area contributed by atoms with Crippen LogP contribution in [0.5, 0.6) is 0 Å². The van der Waals surface area contributed by atoms with Crippen molar-refractivity contribution in [3.8, 4) is 0 Å². The Morgan fingerprint density at radius 2 is 0.718 bits per heavy atom. The second-order valence-electron chi connectivity index (χ2n) is 15.6. The number of rotatable bonds is 16. The van der Waals surface area contributed by atoms with Gasteiger partial charge in [0, 0.05) is 29.9 Å². The number of hydrogen-bond acceptors (Lipinski definition) is 15. The lowest BCUT2D eigenvalue weighted by Gasteiger charge is -2.32. The van der Waals surface area contributed by atoms with Crippen LogP contribution in [0.25, 0.3) is 0 Å². The zero-order valence-corrected chi connectivity index (χ0v) is 44.1. The molecule has 1 atom stereocenters. The molecule has 0 aliphatic rings. The topological polar surface area (TPSA) is 286 Å². The lowest BCUT2D eigenvalue weighted by molar-refractivity contribution is 0.478. The molecule has 372 valence electrons. The maximum Gasteiger partial charge on any atom is 0.295 e. The summed E-state index contributed by atoms with van der Waals surface area (Å²) in [5, 5.41) is 0. The SMILES string of the molecule is CSc1ccc(C(C)(c2ccc(Sc3ccc(S(=O)(=O)c4cccc(S(=O)(=O)O)c4)cc3S(=O)(=O)O)cc2)c2ccc(Sc3ccc(S(=O)(=O)c4ccc(C)c(S(=O)(=O)O)c4)cc3S(=O)(=O)O)cc2)cc1. The molecule has 0 heterocycles. The highest BCUT2D eigenvalue weighted by Gasteiger charge is 2.33. The summed E-state index contributed by atoms with van der Waals surface area (Å²) in [5.41, 5.74) is 1.55. The molecule has 0 aromatic heterocycles. The van der Waals surface area contributed by atoms with Crippen LogP contribution in [0, 0.1) is 6.92 Å². The number of thioether (sulfide) groups is 1. The van der Waals surface area contributed by atoms with Crippen molar-refractivity contribution in [1.29, 1.82) is 0 Å². The van der Waals surface area contributed by atoms with Gasteiger partial charge >= 0.3 is 0 Å². The third kappa shape index (κ3) is 11.5. The highest BCUT2D eigenvalue weighted by atomic mass is 32.2. The van der Waals surface area contributed by atoms with E-state index in [1.807, 2.05) is 37.4 Å². The van der Waals surface area contributed by atoms with Gasteiger partial charge in [-0.25, -0.2) is 16.8 Å². The molecule has 7 rings (SSSR count). The molecule has 7 aromatic rings. The molecule has 0 amide bonds. The molecule has 0 saturated carbocycles. The van der Waals surface area contributed by atoms with Crippen LogP contribution in [0.1, 0.15) is 29.2 Å². The molecule has 0 radical (unpaired) electrons. The van der Waals surface area contributed by atoms with Crippen molar-refractivity contribution in [3.05, 3.63) is 174 Å². The lowest BCUT2D eigenvalue weighted by atomic mass is 9.71. The van der Waals surface area contributed by atoms with Gasteiger partial charge in [-0.2, -0.15) is 33.7 Å². The van der Waals surface area contributed by atoms with Crippen LogP contribution < -0.4 is 0 Å². The highest BCUT2D eigenvalue weighted by molar-refractivity contribution is 8.00. The van der Waals surface area contributed by atoms with Crippen molar-refractivity contribution < 1.29 is 68.7 Å². The van der Waals surface area contributed by atoms with E-state index in [4.69, 9.17) is 0 Å². The van der Waals surface area contributed by atoms with Crippen molar-refractivity contribution in [2.75, 3.05) is 6.26 Å². The minimum atomic E-state index is -5.04. The molecule has 71 heavy (non-hydrogen) atoms. The predicted molar refractivity (Wildman–Crippen MR) is 266 cm³/mol. The fourth-order valence-corrected chi connectivity index (χ4v) is 15.7. The molecule has 1 unspecified atom stereocenters. The van der Waals surface area contributed by atoms with Gasteiger partial charge in [0.05, 0.1) is 29.4 Å². The first-order chi connectivity index (χ1) is 32.9. The van der Waals surface area contributed by atoms with Gasteiger partial charge in [0.25, 0.3) is 40.5 Å². The molecule has 0 aliphatic carbocycles. The van der Waals surface area contributed by atoms with Gasteiger partial charge < -0.3 is 0 Å². The number of benzene rings is 7. The van der Waals surface area contributed by atoms with Crippen LogP contribution >= 0.6 is 35.3 Å². The Morgan fingerprint density at radius 1 is 0.380 bits per heavy atom. The third-order valence-corrected chi connectivity index (χ3v) is 21.5. The second-order valence-corrected chi connectivity index (χ2v) is 28.2. The maximum absolute atomic E-state index is 13.6. The first-order valence-electron chi connectivity index (χ1n) is 20.0. The highest BCUT2D eigenvalue weighted by Crippen LogP contribution is 2.43. The largest absolute Gasteiger partial charge is 0.295 e. The Labute approximate surface area is 423 Å². The van der Waals surface area contributed by atoms with Crippen LogP contribution in [0.4, 0.5) is 0 Å². The van der Waals surface area contributed by atoms with Crippen molar-refractivity contribution in [3.63, 3.8) is 0 Å². The summed E-state index contributed by atoms with van der Waals surface area (Å²) in [7, 11) is -28.8. The molecule has 0 saturated heterocycles. The predicted octanol–water partition coefficient (Wildman–Crippen LogP) is 9.03. The molecule has 16 nitrogen and oxygen atoms in total. The summed E-state index contributed by atoms with van der Waals surface area (Å²) in [6.07, 6.45) is 1.93. The lowest BCUT2D eigenvalue weighted by Crippen LogP contribution is -2.25. The Balaban J connectivity index is 1.20. The van der Waals surface area contributed by atoms with Crippen molar-refractivity contribution in [1.82, 2.24) is 0 Å². The standard InChI is InChI=1S/C46H38O16S9/c1-29-7-20-37(26-43(29)69(54,55)56)67(49,50)39-22-24-42(45(28-39)71(60,61)62)65-35-18-12-32(13-19-35)46(2,30-8-14-33(63-3)15-9-30)31-10-16-34(17-11-31)64-41-23-21-38(27-44(41)70(57,58)59)66(47,48)36-5-4-6-40(25-36)68(51,52)53/h4-28H,1-3H3,(H,51,52,53)(H,54,55,56)(H,57,58,59)(H,60,61,62). The first kappa shape index (κ1) is 53.9. The minimum absolute atomic E-state index is 0.0379. The summed E-state index contributed by atoms with van der Waals surface area (Å²) < 4.78 is 192. The quantitative estimate of drug-likeness (QED) is 0.0399. The number of aryl methyl sites for hydroxylation is 1. The second kappa shape index (κ2) is 19.9. The molecule has 0 fully saturated rings. The van der Waals surface area contributed by atoms with Gasteiger partial charge in [-0.05, 0) is 145 Å². The van der Waals surface area contributed by atoms with Crippen LogP contribution in [0.2, 0.25) is 0 Å². The summed E-state index contributed by atoms with van der Waals surface area (Å²) in [6.45, 7) is 3.31. The Hall–Kier alpha value is -4.87. The number of sulfone groups is 2. The van der Waals surface area contributed by atoms with E-state index in [1.165, 1.54) is 25.1 Å². The zero-order chi connectivity index (χ0) is 52.1. The Bertz CT molecular complexity index is 3940. The maximum atomic E-state index is 13.6. The summed E-state index contributed by atoms with van der Waals surface area (Å²) >= 11 is 3.36. The van der Waals surface area contributed by atoms with Crippen molar-refractivity contribution in [2.24, 2.45) is 0 Å². The van der Waals surface area contributed by atoms with E-state index in [9.17, 15) is 68.7 Å². The van der Waals surface area contributed by atoms with Gasteiger partial charge in [0.2, 0.25) is 19.7 Å². The molecule has 0 aliphatic heterocycles. The smallest absolute Gasteiger partial charge is 0.282 e. The van der Waals surface area contributed by atoms with Crippen LogP contribution in [0.3, 0.4) is 0 Å². The van der Waals surface area contributed by atoms with E-state index in [0.29, 0.717) is 15.9 Å². The first-order valence-corrected chi connectivity index (χ1v) is 31.6. The average molecular weight is 1140 g/mol. The summed E-state index contributed by atoms with van der Waals surface area (Å²) in [5.74, 6) is 0. The number of hydrogen-bond donors (Lipinski definition) is 4. The van der Waals surface area contributed by atoms with Gasteiger partial charge in [-0.3, -0.25) is 18.2 Å². The van der Waals surface area contributed by atoms with Gasteiger partial charge in [-0.1, -0.05) is 72.1 Å². The van der Waals surface area contributed by atoms with E-state index >= 15 is 0 Å². The van der Waals surface area contributed by atoms with Gasteiger partial charge in [-0.15, -0.1) is 11.8 Å². The Morgan fingerprint density at radius 3 is 1.08 bits per heavy atom. The summed E-state index contributed by atoms with van der Waals surface area (Å²) in [4.78, 5) is -3.21. The van der Waals surface area contributed by atoms with Crippen molar-refractivity contribution >= 4 is 95.4 Å². The monoisotopic (exact) mass is 1130 g/mol. The average Bonchev–Trinajstić information content (AvgIpc) is 3.30. The van der Waals surface area contributed by atoms with E-state index in [-0.39, 0.29) is 15.4 Å². The molecule has 7 aromatic carbocycles. The van der Waals surface area contributed by atoms with E-state index in [2.05, 4.69) is 0 Å². The van der Waals surface area contributed by atoms with Crippen LogP contribution in [0.15, 0.2) is 215 Å². The normalized spacial score (nSPS) is 13.7.